The van der Waals surface area contributed by atoms with Gasteiger partial charge in [-0.3, -0.25) is 9.89 Å². The van der Waals surface area contributed by atoms with Gasteiger partial charge in [0.25, 0.3) is 0 Å². The number of nitrogens with one attached hydrogen (secondary N) is 1. The molecule has 1 atom stereocenters. The highest BCUT2D eigenvalue weighted by molar-refractivity contribution is 14.0. The van der Waals surface area contributed by atoms with Gasteiger partial charge >= 0.3 is 0 Å². The molecule has 0 aromatic heterocycles. The van der Waals surface area contributed by atoms with Crippen LogP contribution < -0.4 is 5.32 Å². The quantitative estimate of drug-likeness (QED) is 0.339. The first-order chi connectivity index (χ1) is 12.2. The van der Waals surface area contributed by atoms with E-state index in [0.29, 0.717) is 25.0 Å². The molecule has 0 aromatic carbocycles. The Labute approximate surface area is 182 Å². The Balaban J connectivity index is 0.00000364. The Morgan fingerprint density at radius 1 is 1.22 bits per heavy atom. The summed E-state index contributed by atoms with van der Waals surface area (Å²) < 4.78 is 29.2. The first-order valence-electron chi connectivity index (χ1n) is 9.66. The fourth-order valence-electron chi connectivity index (χ4n) is 3.71. The maximum atomic E-state index is 12.2. The maximum absolute atomic E-state index is 12.2. The van der Waals surface area contributed by atoms with Gasteiger partial charge in [0.05, 0.1) is 23.7 Å². The molecule has 0 aromatic rings. The first kappa shape index (κ1) is 24.9. The number of ether oxygens (including phenoxy) is 1. The molecule has 0 radical (unpaired) electrons. The molecule has 2 aliphatic rings. The summed E-state index contributed by atoms with van der Waals surface area (Å²) >= 11 is 0. The van der Waals surface area contributed by atoms with Crippen molar-refractivity contribution in [3.8, 4) is 0 Å². The van der Waals surface area contributed by atoms with Crippen LogP contribution in [0.1, 0.15) is 34.1 Å². The molecule has 1 unspecified atom stereocenters. The van der Waals surface area contributed by atoms with Gasteiger partial charge < -0.3 is 15.0 Å². The Bertz CT molecular complexity index is 589. The molecular formula is C18H37IN4O3S. The second-order valence-corrected chi connectivity index (χ2v) is 11.1. The van der Waals surface area contributed by atoms with Gasteiger partial charge in [-0.05, 0) is 26.2 Å². The standard InChI is InChI=1S/C18H36N4O3S.HI/c1-15(2)12-16(21-6-9-25-10-7-21)13-20-17(19-5)22-8-11-26(23,24)18(3,4)14-22;/h15-16H,6-14H2,1-5H3,(H,19,20);1H. The van der Waals surface area contributed by atoms with E-state index in [-0.39, 0.29) is 29.7 Å². The highest BCUT2D eigenvalue weighted by atomic mass is 127. The van der Waals surface area contributed by atoms with E-state index in [1.807, 2.05) is 0 Å². The third-order valence-corrected chi connectivity index (χ3v) is 7.89. The topological polar surface area (TPSA) is 74.2 Å². The molecule has 9 heteroatoms. The summed E-state index contributed by atoms with van der Waals surface area (Å²) in [6.07, 6.45) is 1.11. The smallest absolute Gasteiger partial charge is 0.193 e. The lowest BCUT2D eigenvalue weighted by Crippen LogP contribution is -2.58. The van der Waals surface area contributed by atoms with Gasteiger partial charge in [-0.2, -0.15) is 0 Å². The van der Waals surface area contributed by atoms with E-state index in [0.717, 1.165) is 45.2 Å². The molecule has 7 nitrogen and oxygen atoms in total. The van der Waals surface area contributed by atoms with Crippen molar-refractivity contribution in [2.24, 2.45) is 10.9 Å². The Hall–Kier alpha value is -0.130. The summed E-state index contributed by atoms with van der Waals surface area (Å²) in [7, 11) is -1.28. The highest BCUT2D eigenvalue weighted by Gasteiger charge is 2.41. The number of aliphatic imine (C=N–C) groups is 1. The molecule has 0 bridgehead atoms. The predicted molar refractivity (Wildman–Crippen MR) is 122 cm³/mol. The number of morpholine rings is 1. The van der Waals surface area contributed by atoms with Gasteiger partial charge in [-0.15, -0.1) is 24.0 Å². The molecular weight excluding hydrogens is 479 g/mol. The lowest BCUT2D eigenvalue weighted by atomic mass is 10.0. The van der Waals surface area contributed by atoms with Crippen LogP contribution in [0.5, 0.6) is 0 Å². The first-order valence-corrected chi connectivity index (χ1v) is 11.3. The van der Waals surface area contributed by atoms with Crippen molar-refractivity contribution >= 4 is 39.8 Å². The molecule has 2 rings (SSSR count). The van der Waals surface area contributed by atoms with Crippen LogP contribution in [-0.4, -0.2) is 93.7 Å². The molecule has 2 heterocycles. The summed E-state index contributed by atoms with van der Waals surface area (Å²) in [6.45, 7) is 13.4. The molecule has 27 heavy (non-hydrogen) atoms. The summed E-state index contributed by atoms with van der Waals surface area (Å²) in [5.41, 5.74) is 0. The molecule has 0 saturated carbocycles. The van der Waals surface area contributed by atoms with Gasteiger partial charge in [-0.1, -0.05) is 13.8 Å². The van der Waals surface area contributed by atoms with Gasteiger partial charge in [-0.25, -0.2) is 8.42 Å². The van der Waals surface area contributed by atoms with E-state index < -0.39 is 14.6 Å². The minimum Gasteiger partial charge on any atom is -0.379 e. The average Bonchev–Trinajstić information content (AvgIpc) is 2.58. The Kier molecular flexibility index (Phi) is 9.77. The van der Waals surface area contributed by atoms with Gasteiger partial charge in [0.15, 0.2) is 15.8 Å². The minimum atomic E-state index is -3.05. The molecule has 2 fully saturated rings. The highest BCUT2D eigenvalue weighted by Crippen LogP contribution is 2.23. The Morgan fingerprint density at radius 3 is 2.37 bits per heavy atom. The monoisotopic (exact) mass is 516 g/mol. The van der Waals surface area contributed by atoms with Crippen molar-refractivity contribution in [3.05, 3.63) is 0 Å². The van der Waals surface area contributed by atoms with Crippen LogP contribution in [0.2, 0.25) is 0 Å². The predicted octanol–water partition coefficient (Wildman–Crippen LogP) is 1.44. The summed E-state index contributed by atoms with van der Waals surface area (Å²) in [6, 6.07) is 0.428. The van der Waals surface area contributed by atoms with Crippen LogP contribution >= 0.6 is 24.0 Å². The number of guanidine groups is 1. The maximum Gasteiger partial charge on any atom is 0.193 e. The van der Waals surface area contributed by atoms with Crippen LogP contribution in [0.3, 0.4) is 0 Å². The SMILES string of the molecule is CN=C(NCC(CC(C)C)N1CCOCC1)N1CCS(=O)(=O)C(C)(C)C1.I. The number of sulfone groups is 1. The van der Waals surface area contributed by atoms with Crippen molar-refractivity contribution in [3.63, 3.8) is 0 Å². The van der Waals surface area contributed by atoms with Gasteiger partial charge in [0, 0.05) is 45.8 Å². The van der Waals surface area contributed by atoms with Crippen LogP contribution in [-0.2, 0) is 14.6 Å². The fourth-order valence-corrected chi connectivity index (χ4v) is 5.08. The minimum absolute atomic E-state index is 0. The third kappa shape index (κ3) is 6.71. The average molecular weight is 516 g/mol. The number of hydrogen-bond donors (Lipinski definition) is 1. The largest absolute Gasteiger partial charge is 0.379 e. The normalized spacial score (nSPS) is 24.4. The molecule has 0 spiro atoms. The number of halogens is 1. The van der Waals surface area contributed by atoms with E-state index in [2.05, 4.69) is 34.0 Å². The lowest BCUT2D eigenvalue weighted by molar-refractivity contribution is 0.0131. The third-order valence-electron chi connectivity index (χ3n) is 5.36. The molecule has 160 valence electrons. The molecule has 0 amide bonds. The van der Waals surface area contributed by atoms with Crippen LogP contribution in [0.25, 0.3) is 0 Å². The number of hydrogen-bond acceptors (Lipinski definition) is 5. The second-order valence-electron chi connectivity index (χ2n) is 8.36. The zero-order valence-electron chi connectivity index (χ0n) is 17.4. The molecule has 2 aliphatic heterocycles. The van der Waals surface area contributed by atoms with E-state index in [1.54, 1.807) is 20.9 Å². The van der Waals surface area contributed by atoms with Crippen LogP contribution in [0.15, 0.2) is 4.99 Å². The van der Waals surface area contributed by atoms with Crippen molar-refractivity contribution < 1.29 is 13.2 Å². The van der Waals surface area contributed by atoms with E-state index in [4.69, 9.17) is 4.74 Å². The molecule has 0 aliphatic carbocycles. The lowest BCUT2D eigenvalue weighted by Gasteiger charge is -2.40. The summed E-state index contributed by atoms with van der Waals surface area (Å²) in [5, 5.41) is 3.51. The van der Waals surface area contributed by atoms with E-state index >= 15 is 0 Å². The Morgan fingerprint density at radius 2 is 1.85 bits per heavy atom. The number of nitrogens with zero attached hydrogens (tertiary/aromatic N) is 3. The van der Waals surface area contributed by atoms with Crippen LogP contribution in [0, 0.1) is 5.92 Å². The second kappa shape index (κ2) is 10.6. The summed E-state index contributed by atoms with van der Waals surface area (Å²) in [5.74, 6) is 1.60. The molecule has 1 N–H and O–H groups in total. The van der Waals surface area contributed by atoms with Crippen molar-refractivity contribution in [1.29, 1.82) is 0 Å². The van der Waals surface area contributed by atoms with Gasteiger partial charge in [0.2, 0.25) is 0 Å². The number of rotatable bonds is 5. The van der Waals surface area contributed by atoms with Crippen molar-refractivity contribution in [1.82, 2.24) is 15.1 Å². The summed E-state index contributed by atoms with van der Waals surface area (Å²) in [4.78, 5) is 8.99. The van der Waals surface area contributed by atoms with E-state index in [1.165, 1.54) is 0 Å². The van der Waals surface area contributed by atoms with Gasteiger partial charge in [0.1, 0.15) is 0 Å². The van der Waals surface area contributed by atoms with E-state index in [9.17, 15) is 8.42 Å². The zero-order valence-corrected chi connectivity index (χ0v) is 20.5. The zero-order chi connectivity index (χ0) is 19.4. The van der Waals surface area contributed by atoms with Crippen LogP contribution in [0.4, 0.5) is 0 Å². The van der Waals surface area contributed by atoms with Crippen molar-refractivity contribution in [2.75, 3.05) is 58.7 Å². The van der Waals surface area contributed by atoms with Crippen molar-refractivity contribution in [2.45, 2.75) is 44.9 Å². The fraction of sp³-hybridized carbons (Fsp3) is 0.944. The molecule has 2 saturated heterocycles.